The smallest absolute Gasteiger partial charge is 0.409 e. The Morgan fingerprint density at radius 1 is 1.18 bits per heavy atom. The van der Waals surface area contributed by atoms with Gasteiger partial charge >= 0.3 is 18.0 Å². The Labute approximate surface area is 291 Å². The van der Waals surface area contributed by atoms with Crippen LogP contribution in [0.1, 0.15) is 66.1 Å². The third kappa shape index (κ3) is 8.39. The summed E-state index contributed by atoms with van der Waals surface area (Å²) in [5.41, 5.74) is -1.40. The Balaban J connectivity index is 1.84. The van der Waals surface area contributed by atoms with Gasteiger partial charge in [0.05, 0.1) is 31.4 Å². The standard InChI is InChI=1S/C35H47ClN2O11/c1-18(2)32(41)48-28-15-23(40)17-38(7)24-13-22(14-25(44-8)29(24)36)30(46-21(5)39)19(3)11-10-12-27(45-9)35(43)16-26(47-33(42)37-35)20(4)31-34(28,6)49-31/h10-14,18,20,26-28,30-31,43H,15-17H2,1-9H3,(H,37,42)/t20-,26+,27+,28+,30+,31-,34+,35-/m0/s1. The largest absolute Gasteiger partial charge is 0.495 e. The number of likely N-dealkylation sites (N-methyl/N-ethyl adjacent to an activating group) is 1. The van der Waals surface area contributed by atoms with Crippen LogP contribution >= 0.6 is 11.6 Å². The fourth-order valence-corrected chi connectivity index (χ4v) is 6.74. The molecule has 4 bridgehead atoms. The van der Waals surface area contributed by atoms with Crippen LogP contribution in [0.3, 0.4) is 0 Å². The summed E-state index contributed by atoms with van der Waals surface area (Å²) in [6, 6.07) is 3.36. The lowest BCUT2D eigenvalue weighted by atomic mass is 9.83. The summed E-state index contributed by atoms with van der Waals surface area (Å²) in [5, 5.41) is 14.4. The number of carbonyl (C=O) groups is 4. The van der Waals surface area contributed by atoms with Crippen molar-refractivity contribution in [3.05, 3.63) is 46.5 Å². The van der Waals surface area contributed by atoms with Gasteiger partial charge in [0, 0.05) is 45.4 Å². The highest BCUT2D eigenvalue weighted by molar-refractivity contribution is 6.34. The van der Waals surface area contributed by atoms with Crippen LogP contribution in [0.15, 0.2) is 35.9 Å². The molecule has 49 heavy (non-hydrogen) atoms. The van der Waals surface area contributed by atoms with Crippen LogP contribution in [0.25, 0.3) is 0 Å². The first-order chi connectivity index (χ1) is 22.9. The van der Waals surface area contributed by atoms with Crippen molar-refractivity contribution in [2.75, 3.05) is 32.7 Å². The molecular weight excluding hydrogens is 660 g/mol. The molecule has 3 aliphatic heterocycles. The molecule has 0 aliphatic carbocycles. The van der Waals surface area contributed by atoms with Crippen molar-refractivity contribution in [1.82, 2.24) is 5.32 Å². The van der Waals surface area contributed by atoms with Crippen LogP contribution in [0.2, 0.25) is 5.02 Å². The number of alkyl carbamates (subject to hydrolysis) is 1. The maximum Gasteiger partial charge on any atom is 0.409 e. The molecule has 0 unspecified atom stereocenters. The topological polar surface area (TPSA) is 162 Å². The Hall–Kier alpha value is -3.65. The summed E-state index contributed by atoms with van der Waals surface area (Å²) in [6.45, 7) is 9.87. The van der Waals surface area contributed by atoms with E-state index in [-0.39, 0.29) is 30.2 Å². The van der Waals surface area contributed by atoms with Crippen LogP contribution in [-0.2, 0) is 38.1 Å². The Kier molecular flexibility index (Phi) is 11.7. The number of nitrogens with zero attached hydrogens (tertiary/aromatic N) is 1. The highest BCUT2D eigenvalue weighted by atomic mass is 35.5. The van der Waals surface area contributed by atoms with Crippen molar-refractivity contribution in [1.29, 1.82) is 0 Å². The average Bonchev–Trinajstić information content (AvgIpc) is 3.72. The minimum absolute atomic E-state index is 0.0645. The maximum atomic E-state index is 13.7. The van der Waals surface area contributed by atoms with E-state index in [2.05, 4.69) is 5.32 Å². The number of aliphatic hydroxyl groups is 1. The van der Waals surface area contributed by atoms with E-state index in [1.807, 2.05) is 6.92 Å². The van der Waals surface area contributed by atoms with Gasteiger partial charge in [-0.3, -0.25) is 19.7 Å². The number of methoxy groups -OCH3 is 2. The second-order valence-corrected chi connectivity index (χ2v) is 13.8. The molecular formula is C35H47ClN2O11. The number of epoxide rings is 1. The molecule has 2 fully saturated rings. The van der Waals surface area contributed by atoms with Crippen molar-refractivity contribution >= 4 is 41.1 Å². The molecule has 0 saturated carbocycles. The molecule has 1 aromatic carbocycles. The zero-order valence-electron chi connectivity index (χ0n) is 29.4. The molecule has 14 heteroatoms. The second kappa shape index (κ2) is 15.1. The highest BCUT2D eigenvalue weighted by Crippen LogP contribution is 2.49. The number of fused-ring (bicyclic) bond motifs is 5. The number of ether oxygens (including phenoxy) is 6. The molecule has 0 aromatic heterocycles. The predicted octanol–water partition coefficient (Wildman–Crippen LogP) is 4.43. The van der Waals surface area contributed by atoms with Gasteiger partial charge < -0.3 is 38.4 Å². The van der Waals surface area contributed by atoms with Crippen molar-refractivity contribution in [3.8, 4) is 5.75 Å². The van der Waals surface area contributed by atoms with Crippen LogP contribution in [0, 0.1) is 11.8 Å². The summed E-state index contributed by atoms with van der Waals surface area (Å²) in [5.74, 6) is -1.96. The van der Waals surface area contributed by atoms with E-state index >= 15 is 0 Å². The van der Waals surface area contributed by atoms with Crippen LogP contribution < -0.4 is 15.0 Å². The minimum atomic E-state index is -1.87. The van der Waals surface area contributed by atoms with Gasteiger partial charge in [0.25, 0.3) is 0 Å². The Morgan fingerprint density at radius 3 is 2.49 bits per heavy atom. The molecule has 13 nitrogen and oxygen atoms in total. The number of carbonyl (C=O) groups excluding carboxylic acids is 4. The summed E-state index contributed by atoms with van der Waals surface area (Å²) in [4.78, 5) is 53.2. The molecule has 3 heterocycles. The predicted molar refractivity (Wildman–Crippen MR) is 179 cm³/mol. The van der Waals surface area contributed by atoms with Gasteiger partial charge in [-0.05, 0) is 31.6 Å². The number of anilines is 1. The number of benzene rings is 1. The molecule has 0 spiro atoms. The lowest BCUT2D eigenvalue weighted by molar-refractivity contribution is -0.157. The molecule has 2 N–H and O–H groups in total. The lowest BCUT2D eigenvalue weighted by Crippen LogP contribution is -2.63. The number of halogens is 1. The van der Waals surface area contributed by atoms with E-state index in [0.717, 1.165) is 0 Å². The number of Topliss-reactive ketones (excluding diaryl/α,β-unsaturated/α-hetero) is 1. The first-order valence-corrected chi connectivity index (χ1v) is 16.6. The molecule has 1 amide bonds. The van der Waals surface area contributed by atoms with E-state index in [0.29, 0.717) is 22.6 Å². The Bertz CT molecular complexity index is 1510. The number of allylic oxidation sites excluding steroid dienone is 2. The van der Waals surface area contributed by atoms with Gasteiger partial charge in [-0.2, -0.15) is 0 Å². The molecule has 8 atom stereocenters. The monoisotopic (exact) mass is 706 g/mol. The summed E-state index contributed by atoms with van der Waals surface area (Å²) in [7, 11) is 4.54. The van der Waals surface area contributed by atoms with Crippen LogP contribution in [0.4, 0.5) is 10.5 Å². The number of rotatable bonds is 5. The average molecular weight is 707 g/mol. The molecule has 270 valence electrons. The third-order valence-corrected chi connectivity index (χ3v) is 9.66. The lowest BCUT2D eigenvalue weighted by Gasteiger charge is -2.42. The van der Waals surface area contributed by atoms with Crippen LogP contribution in [-0.4, -0.2) is 92.5 Å². The number of esters is 2. The fraction of sp³-hybridized carbons (Fsp3) is 0.600. The zero-order chi connectivity index (χ0) is 36.4. The zero-order valence-corrected chi connectivity index (χ0v) is 30.2. The Morgan fingerprint density at radius 2 is 1.88 bits per heavy atom. The van der Waals surface area contributed by atoms with Gasteiger partial charge in [0.15, 0.2) is 11.5 Å². The number of amides is 1. The van der Waals surface area contributed by atoms with Crippen LogP contribution in [0.5, 0.6) is 5.75 Å². The normalized spacial score (nSPS) is 32.2. The maximum absolute atomic E-state index is 13.7. The molecule has 4 rings (SSSR count). The van der Waals surface area contributed by atoms with Gasteiger partial charge in [-0.15, -0.1) is 0 Å². The SMILES string of the molecule is COc1cc2cc(c1Cl)N(C)CC(=O)C[C@@H](OC(=O)C(C)C)[C@@]1(C)O[C@H]1[C@@H](C)[C@H]1C[C@@](O)(NC(=O)O1)[C@H](OC)C=CC=C(C)[C@H]2OC(C)=O. The van der Waals surface area contributed by atoms with Gasteiger partial charge in [-0.25, -0.2) is 4.79 Å². The van der Waals surface area contributed by atoms with Crippen molar-refractivity contribution in [2.24, 2.45) is 11.8 Å². The highest BCUT2D eigenvalue weighted by Gasteiger charge is 2.64. The van der Waals surface area contributed by atoms with E-state index in [1.165, 1.54) is 21.1 Å². The molecule has 1 aromatic rings. The quantitative estimate of drug-likeness (QED) is 0.252. The fourth-order valence-electron chi connectivity index (χ4n) is 6.40. The summed E-state index contributed by atoms with van der Waals surface area (Å²) in [6.07, 6.45) is -0.464. The van der Waals surface area contributed by atoms with E-state index < -0.39 is 71.7 Å². The second-order valence-electron chi connectivity index (χ2n) is 13.5. The van der Waals surface area contributed by atoms with Crippen molar-refractivity contribution in [2.45, 2.75) is 96.2 Å². The van der Waals surface area contributed by atoms with E-state index in [4.69, 9.17) is 40.0 Å². The number of hydrogen-bond donors (Lipinski definition) is 2. The summed E-state index contributed by atoms with van der Waals surface area (Å²) >= 11 is 6.74. The van der Waals surface area contributed by atoms with E-state index in [9.17, 15) is 24.3 Å². The van der Waals surface area contributed by atoms with Crippen molar-refractivity contribution < 1.29 is 52.7 Å². The molecule has 2 saturated heterocycles. The molecule has 0 radical (unpaired) electrons. The van der Waals surface area contributed by atoms with Gasteiger partial charge in [0.2, 0.25) is 0 Å². The summed E-state index contributed by atoms with van der Waals surface area (Å²) < 4.78 is 34.6. The third-order valence-electron chi connectivity index (χ3n) is 9.28. The minimum Gasteiger partial charge on any atom is -0.495 e. The van der Waals surface area contributed by atoms with Gasteiger partial charge in [-0.1, -0.05) is 50.6 Å². The van der Waals surface area contributed by atoms with E-state index in [1.54, 1.807) is 70.0 Å². The molecule has 3 aliphatic rings. The first kappa shape index (κ1) is 38.2. The van der Waals surface area contributed by atoms with Gasteiger partial charge in [0.1, 0.15) is 40.8 Å². The number of ketones is 1. The van der Waals surface area contributed by atoms with Crippen molar-refractivity contribution in [3.63, 3.8) is 0 Å². The number of hydrogen-bond acceptors (Lipinski definition) is 12. The first-order valence-electron chi connectivity index (χ1n) is 16.2. The number of nitrogens with one attached hydrogen (secondary N) is 1.